The highest BCUT2D eigenvalue weighted by Crippen LogP contribution is 2.24. The summed E-state index contributed by atoms with van der Waals surface area (Å²) in [7, 11) is 0.676. The minimum absolute atomic E-state index is 0.0275. The highest BCUT2D eigenvalue weighted by atomic mass is 16.4. The quantitative estimate of drug-likeness (QED) is 0.761. The summed E-state index contributed by atoms with van der Waals surface area (Å²) < 4.78 is 1.76. The number of nitrogens with zero attached hydrogens (tertiary/aromatic N) is 4. The van der Waals surface area contributed by atoms with Gasteiger partial charge in [0.15, 0.2) is 0 Å². The van der Waals surface area contributed by atoms with Crippen LogP contribution in [0.4, 0.5) is 0 Å². The van der Waals surface area contributed by atoms with Gasteiger partial charge in [-0.05, 0) is 37.2 Å². The molecule has 6 nitrogen and oxygen atoms in total. The normalized spacial score (nSPS) is 20.3. The van der Waals surface area contributed by atoms with E-state index in [1.54, 1.807) is 4.68 Å². The Labute approximate surface area is 111 Å². The lowest BCUT2D eigenvalue weighted by molar-refractivity contribution is 0.321. The van der Waals surface area contributed by atoms with Crippen LogP contribution in [0.2, 0.25) is 5.82 Å². The summed E-state index contributed by atoms with van der Waals surface area (Å²) >= 11 is 0. The molecule has 1 aromatic carbocycles. The Bertz CT molecular complexity index is 586. The van der Waals surface area contributed by atoms with E-state index in [0.717, 1.165) is 37.1 Å². The van der Waals surface area contributed by atoms with Gasteiger partial charge in [-0.15, -0.1) is 5.10 Å². The molecular weight excluding hydrogens is 243 g/mol. The number of benzene rings is 1. The Kier molecular flexibility index (Phi) is 3.26. The average Bonchev–Trinajstić information content (AvgIpc) is 2.97. The van der Waals surface area contributed by atoms with Gasteiger partial charge in [-0.25, -0.2) is 4.68 Å². The highest BCUT2D eigenvalue weighted by molar-refractivity contribution is 6.43. The van der Waals surface area contributed by atoms with Crippen molar-refractivity contribution in [3.05, 3.63) is 23.8 Å². The van der Waals surface area contributed by atoms with Gasteiger partial charge in [0, 0.05) is 19.4 Å². The first-order valence-electron chi connectivity index (χ1n) is 6.50. The number of likely N-dealkylation sites (tertiary alicyclic amines) is 1. The summed E-state index contributed by atoms with van der Waals surface area (Å²) in [5.41, 5.74) is 3.10. The second-order valence-corrected chi connectivity index (χ2v) is 5.23. The summed E-state index contributed by atoms with van der Waals surface area (Å²) in [4.78, 5) is 2.24. The van der Waals surface area contributed by atoms with Crippen molar-refractivity contribution in [3.8, 4) is 0 Å². The Morgan fingerprint density at radius 3 is 3.00 bits per heavy atom. The maximum Gasteiger partial charge on any atom is 0.456 e. The third-order valence-corrected chi connectivity index (χ3v) is 3.81. The topological polar surface area (TPSA) is 74.4 Å². The monoisotopic (exact) mass is 260 g/mol. The van der Waals surface area contributed by atoms with E-state index in [9.17, 15) is 10.0 Å². The Morgan fingerprint density at radius 2 is 2.26 bits per heavy atom. The summed E-state index contributed by atoms with van der Waals surface area (Å²) in [5, 5.41) is 26.5. The summed E-state index contributed by atoms with van der Waals surface area (Å²) in [6.07, 6.45) is 0.838. The maximum absolute atomic E-state index is 9.19. The van der Waals surface area contributed by atoms with E-state index < -0.39 is 7.12 Å². The number of hydrogen-bond acceptors (Lipinski definition) is 5. The van der Waals surface area contributed by atoms with Gasteiger partial charge >= 0.3 is 7.12 Å². The van der Waals surface area contributed by atoms with E-state index in [1.807, 2.05) is 19.2 Å². The van der Waals surface area contributed by atoms with Crippen molar-refractivity contribution in [1.82, 2.24) is 19.9 Å². The van der Waals surface area contributed by atoms with Crippen LogP contribution in [0.1, 0.15) is 12.0 Å². The van der Waals surface area contributed by atoms with Crippen LogP contribution >= 0.6 is 0 Å². The van der Waals surface area contributed by atoms with E-state index in [0.29, 0.717) is 0 Å². The molecule has 100 valence electrons. The Hall–Kier alpha value is -1.44. The van der Waals surface area contributed by atoms with Crippen molar-refractivity contribution < 1.29 is 10.0 Å². The van der Waals surface area contributed by atoms with Gasteiger partial charge in [0.2, 0.25) is 0 Å². The van der Waals surface area contributed by atoms with Gasteiger partial charge < -0.3 is 10.0 Å². The zero-order chi connectivity index (χ0) is 13.4. The molecule has 0 amide bonds. The van der Waals surface area contributed by atoms with E-state index in [2.05, 4.69) is 21.3 Å². The van der Waals surface area contributed by atoms with Crippen LogP contribution < -0.4 is 0 Å². The van der Waals surface area contributed by atoms with Gasteiger partial charge in [-0.3, -0.25) is 4.90 Å². The summed E-state index contributed by atoms with van der Waals surface area (Å²) in [6.45, 7) is 2.45. The predicted molar refractivity (Wildman–Crippen MR) is 72.3 cm³/mol. The van der Waals surface area contributed by atoms with Crippen LogP contribution in [0, 0.1) is 0 Å². The van der Waals surface area contributed by atoms with Gasteiger partial charge in [0.05, 0.1) is 5.52 Å². The van der Waals surface area contributed by atoms with Crippen LogP contribution in [0.15, 0.2) is 18.2 Å². The molecule has 1 fully saturated rings. The first-order chi connectivity index (χ1) is 9.13. The van der Waals surface area contributed by atoms with Crippen molar-refractivity contribution in [2.24, 2.45) is 7.05 Å². The fourth-order valence-corrected chi connectivity index (χ4v) is 2.69. The third-order valence-electron chi connectivity index (χ3n) is 3.81. The minimum atomic E-state index is -1.20. The molecule has 1 unspecified atom stereocenters. The lowest BCUT2D eigenvalue weighted by atomic mass is 9.72. The molecule has 1 aliphatic rings. The second kappa shape index (κ2) is 4.92. The van der Waals surface area contributed by atoms with Crippen molar-refractivity contribution in [1.29, 1.82) is 0 Å². The van der Waals surface area contributed by atoms with Crippen LogP contribution in [-0.2, 0) is 13.6 Å². The zero-order valence-electron chi connectivity index (χ0n) is 10.9. The number of rotatable bonds is 3. The molecule has 0 radical (unpaired) electrons. The lowest BCUT2D eigenvalue weighted by Gasteiger charge is -2.15. The second-order valence-electron chi connectivity index (χ2n) is 5.23. The van der Waals surface area contributed by atoms with Crippen LogP contribution in [0.5, 0.6) is 0 Å². The fraction of sp³-hybridized carbons (Fsp3) is 0.500. The highest BCUT2D eigenvalue weighted by Gasteiger charge is 2.31. The molecule has 2 N–H and O–H groups in total. The summed E-state index contributed by atoms with van der Waals surface area (Å²) in [5.74, 6) is -0.0275. The zero-order valence-corrected chi connectivity index (χ0v) is 10.9. The number of hydrogen-bond donors (Lipinski definition) is 2. The maximum atomic E-state index is 9.19. The molecule has 0 bridgehead atoms. The van der Waals surface area contributed by atoms with Gasteiger partial charge in [0.1, 0.15) is 5.52 Å². The predicted octanol–water partition coefficient (Wildman–Crippen LogP) is 0.0170. The van der Waals surface area contributed by atoms with E-state index >= 15 is 0 Å². The van der Waals surface area contributed by atoms with Crippen molar-refractivity contribution in [3.63, 3.8) is 0 Å². The smallest absolute Gasteiger partial charge is 0.427 e. The Morgan fingerprint density at radius 1 is 1.42 bits per heavy atom. The van der Waals surface area contributed by atoms with E-state index in [4.69, 9.17) is 0 Å². The number of fused-ring (bicyclic) bond motifs is 1. The summed E-state index contributed by atoms with van der Waals surface area (Å²) in [6, 6.07) is 6.15. The van der Waals surface area contributed by atoms with Crippen molar-refractivity contribution in [2.45, 2.75) is 18.8 Å². The SMILES string of the molecule is Cn1nnc2cc(CN3CCC(B(O)O)C3)ccc21. The minimum Gasteiger partial charge on any atom is -0.427 e. The third kappa shape index (κ3) is 2.49. The first kappa shape index (κ1) is 12.6. The van der Waals surface area contributed by atoms with Gasteiger partial charge in [-0.2, -0.15) is 0 Å². The molecule has 7 heteroatoms. The van der Waals surface area contributed by atoms with Crippen LogP contribution in [-0.4, -0.2) is 50.1 Å². The molecule has 2 heterocycles. The average molecular weight is 260 g/mol. The molecule has 2 aromatic rings. The first-order valence-corrected chi connectivity index (χ1v) is 6.50. The van der Waals surface area contributed by atoms with Gasteiger partial charge in [0.25, 0.3) is 0 Å². The van der Waals surface area contributed by atoms with Crippen LogP contribution in [0.3, 0.4) is 0 Å². The molecule has 3 rings (SSSR count). The van der Waals surface area contributed by atoms with E-state index in [1.165, 1.54) is 5.56 Å². The molecule has 0 aliphatic carbocycles. The van der Waals surface area contributed by atoms with Crippen LogP contribution in [0.25, 0.3) is 11.0 Å². The van der Waals surface area contributed by atoms with Crippen molar-refractivity contribution >= 4 is 18.2 Å². The molecule has 19 heavy (non-hydrogen) atoms. The molecule has 1 atom stereocenters. The van der Waals surface area contributed by atoms with E-state index in [-0.39, 0.29) is 5.82 Å². The number of aryl methyl sites for hydroxylation is 1. The molecule has 0 saturated carbocycles. The molecule has 1 aliphatic heterocycles. The number of aromatic nitrogens is 3. The molecule has 0 spiro atoms. The standard InChI is InChI=1S/C12H17BN4O2/c1-16-12-3-2-9(6-11(12)14-15-16)7-17-5-4-10(8-17)13(18)19/h2-3,6,10,18-19H,4-5,7-8H2,1H3. The van der Waals surface area contributed by atoms with Crippen molar-refractivity contribution in [2.75, 3.05) is 13.1 Å². The molecule has 1 aromatic heterocycles. The molecule has 1 saturated heterocycles. The molecular formula is C12H17BN4O2. The lowest BCUT2D eigenvalue weighted by Crippen LogP contribution is -2.25. The fourth-order valence-electron chi connectivity index (χ4n) is 2.69. The largest absolute Gasteiger partial charge is 0.456 e. The van der Waals surface area contributed by atoms with Gasteiger partial charge in [-0.1, -0.05) is 11.3 Å². The Balaban J connectivity index is 1.72.